The van der Waals surface area contributed by atoms with E-state index in [4.69, 9.17) is 9.26 Å². The highest BCUT2D eigenvalue weighted by molar-refractivity contribution is 6.06. The summed E-state index contributed by atoms with van der Waals surface area (Å²) >= 11 is 0. The average Bonchev–Trinajstić information content (AvgIpc) is 3.49. The van der Waals surface area contributed by atoms with E-state index in [1.807, 2.05) is 24.8 Å². The fourth-order valence-corrected chi connectivity index (χ4v) is 4.16. The van der Waals surface area contributed by atoms with E-state index in [9.17, 15) is 9.59 Å². The van der Waals surface area contributed by atoms with Crippen LogP contribution in [0.15, 0.2) is 10.6 Å². The minimum atomic E-state index is -0.207. The summed E-state index contributed by atoms with van der Waals surface area (Å²) in [4.78, 5) is 33.8. The summed E-state index contributed by atoms with van der Waals surface area (Å²) in [5.74, 6) is 0.359. The molecular weight excluding hydrogens is 384 g/mol. The number of fused-ring (bicyclic) bond motifs is 1. The van der Waals surface area contributed by atoms with Gasteiger partial charge in [-0.2, -0.15) is 0 Å². The number of rotatable bonds is 6. The van der Waals surface area contributed by atoms with Crippen LogP contribution in [0.2, 0.25) is 0 Å². The Kier molecular flexibility index (Phi) is 5.77. The second-order valence-electron chi connectivity index (χ2n) is 8.73. The molecule has 0 radical (unpaired) electrons. The molecule has 8 nitrogen and oxygen atoms in total. The van der Waals surface area contributed by atoms with Crippen molar-refractivity contribution >= 4 is 23.0 Å². The number of piperazine rings is 1. The Labute approximate surface area is 176 Å². The molecule has 0 unspecified atom stereocenters. The molecule has 0 aromatic carbocycles. The molecule has 1 amide bonds. The predicted octanol–water partition coefficient (Wildman–Crippen LogP) is 2.93. The molecule has 0 spiro atoms. The first-order valence-corrected chi connectivity index (χ1v) is 10.8. The number of hydrogen-bond donors (Lipinski definition) is 0. The molecule has 0 N–H and O–H groups in total. The highest BCUT2D eigenvalue weighted by Gasteiger charge is 2.33. The monoisotopic (exact) mass is 414 g/mol. The van der Waals surface area contributed by atoms with E-state index < -0.39 is 0 Å². The summed E-state index contributed by atoms with van der Waals surface area (Å²) in [6.07, 6.45) is 2.57. The molecule has 2 aromatic rings. The molecular formula is C22H30N4O4. The number of aromatic nitrogens is 2. The molecule has 0 bridgehead atoms. The Morgan fingerprint density at radius 1 is 1.30 bits per heavy atom. The summed E-state index contributed by atoms with van der Waals surface area (Å²) < 4.78 is 10.3. The van der Waals surface area contributed by atoms with Gasteiger partial charge >= 0.3 is 5.97 Å². The fraction of sp³-hybridized carbons (Fsp3) is 0.636. The molecule has 3 heterocycles. The topological polar surface area (TPSA) is 88.8 Å². The largest absolute Gasteiger partial charge is 0.469 e. The van der Waals surface area contributed by atoms with Gasteiger partial charge < -0.3 is 14.2 Å². The van der Waals surface area contributed by atoms with Crippen molar-refractivity contribution in [2.75, 3.05) is 33.3 Å². The van der Waals surface area contributed by atoms with E-state index in [-0.39, 0.29) is 23.8 Å². The molecule has 8 heteroatoms. The summed E-state index contributed by atoms with van der Waals surface area (Å²) in [6.45, 7) is 8.79. The second kappa shape index (κ2) is 8.34. The third kappa shape index (κ3) is 4.05. The van der Waals surface area contributed by atoms with Gasteiger partial charge in [-0.1, -0.05) is 19.0 Å². The molecule has 1 aliphatic heterocycles. The van der Waals surface area contributed by atoms with Crippen LogP contribution >= 0.6 is 0 Å². The molecule has 4 rings (SSSR count). The van der Waals surface area contributed by atoms with Gasteiger partial charge in [-0.05, 0) is 31.7 Å². The van der Waals surface area contributed by atoms with E-state index in [2.05, 4.69) is 22.0 Å². The van der Waals surface area contributed by atoms with E-state index >= 15 is 0 Å². The lowest BCUT2D eigenvalue weighted by Gasteiger charge is -2.39. The second-order valence-corrected chi connectivity index (χ2v) is 8.73. The number of hydrogen-bond acceptors (Lipinski definition) is 7. The van der Waals surface area contributed by atoms with E-state index in [0.717, 1.165) is 36.2 Å². The quantitative estimate of drug-likeness (QED) is 0.672. The molecule has 2 aliphatic rings. The third-order valence-corrected chi connectivity index (χ3v) is 6.15. The van der Waals surface area contributed by atoms with Crippen LogP contribution < -0.4 is 0 Å². The Balaban J connectivity index is 1.57. The number of ether oxygens (including phenoxy) is 1. The molecule has 2 fully saturated rings. The minimum absolute atomic E-state index is 0.00821. The van der Waals surface area contributed by atoms with Crippen molar-refractivity contribution in [2.24, 2.45) is 0 Å². The Bertz CT molecular complexity index is 950. The van der Waals surface area contributed by atoms with Gasteiger partial charge in [0.2, 0.25) is 0 Å². The number of pyridine rings is 1. The number of carbonyl (C=O) groups is 2. The van der Waals surface area contributed by atoms with Gasteiger partial charge in [0.15, 0.2) is 0 Å². The Morgan fingerprint density at radius 2 is 2.07 bits per heavy atom. The zero-order chi connectivity index (χ0) is 21.4. The van der Waals surface area contributed by atoms with Crippen molar-refractivity contribution < 1.29 is 18.8 Å². The average molecular weight is 415 g/mol. The molecule has 1 aliphatic carbocycles. The van der Waals surface area contributed by atoms with Gasteiger partial charge in [0.1, 0.15) is 0 Å². The van der Waals surface area contributed by atoms with E-state index in [1.54, 1.807) is 0 Å². The van der Waals surface area contributed by atoms with E-state index in [1.165, 1.54) is 7.11 Å². The zero-order valence-electron chi connectivity index (χ0n) is 18.2. The molecule has 30 heavy (non-hydrogen) atoms. The first-order valence-electron chi connectivity index (χ1n) is 10.8. The van der Waals surface area contributed by atoms with Crippen LogP contribution in [0.4, 0.5) is 0 Å². The van der Waals surface area contributed by atoms with Gasteiger partial charge in [0, 0.05) is 43.8 Å². The van der Waals surface area contributed by atoms with Crippen molar-refractivity contribution in [2.45, 2.75) is 57.9 Å². The lowest BCUT2D eigenvalue weighted by molar-refractivity contribution is -0.141. The van der Waals surface area contributed by atoms with Crippen molar-refractivity contribution in [3.63, 3.8) is 0 Å². The maximum absolute atomic E-state index is 13.6. The van der Waals surface area contributed by atoms with E-state index in [0.29, 0.717) is 43.2 Å². The van der Waals surface area contributed by atoms with Crippen molar-refractivity contribution in [1.29, 1.82) is 0 Å². The van der Waals surface area contributed by atoms with Gasteiger partial charge in [0.05, 0.1) is 30.2 Å². The Morgan fingerprint density at radius 3 is 2.70 bits per heavy atom. The van der Waals surface area contributed by atoms with Gasteiger partial charge in [-0.3, -0.25) is 14.5 Å². The Hall–Kier alpha value is -2.48. The normalized spacial score (nSPS) is 20.2. The van der Waals surface area contributed by atoms with Crippen molar-refractivity contribution in [1.82, 2.24) is 19.9 Å². The zero-order valence-corrected chi connectivity index (χ0v) is 18.2. The lowest BCUT2D eigenvalue weighted by Crippen LogP contribution is -2.54. The lowest BCUT2D eigenvalue weighted by atomic mass is 10.0. The molecule has 2 aromatic heterocycles. The summed E-state index contributed by atoms with van der Waals surface area (Å²) in [7, 11) is 1.41. The molecule has 162 valence electrons. The van der Waals surface area contributed by atoms with Crippen LogP contribution in [0, 0.1) is 0 Å². The van der Waals surface area contributed by atoms with Crippen molar-refractivity contribution in [3.05, 3.63) is 23.0 Å². The molecule has 1 saturated heterocycles. The highest BCUT2D eigenvalue weighted by Crippen LogP contribution is 2.41. The van der Waals surface area contributed by atoms with Gasteiger partial charge in [-0.25, -0.2) is 4.98 Å². The van der Waals surface area contributed by atoms with Crippen molar-refractivity contribution in [3.8, 4) is 0 Å². The van der Waals surface area contributed by atoms with Crippen LogP contribution in [0.25, 0.3) is 11.1 Å². The van der Waals surface area contributed by atoms with Gasteiger partial charge in [0.25, 0.3) is 11.6 Å². The first kappa shape index (κ1) is 20.8. The predicted molar refractivity (Wildman–Crippen MR) is 111 cm³/mol. The number of nitrogens with zero attached hydrogens (tertiary/aromatic N) is 4. The maximum Gasteiger partial charge on any atom is 0.306 e. The van der Waals surface area contributed by atoms with Crippen LogP contribution in [-0.2, 0) is 9.53 Å². The standard InChI is InChI=1S/C22H30N4O4/c1-13(2)20-19-16(11-17(15-5-6-15)23-21(19)30-24-20)22(28)26-10-9-25(14(3)12-26)8-7-18(27)29-4/h11,13-15H,5-10,12H2,1-4H3/t14-/m1/s1. The number of carbonyl (C=O) groups excluding carboxylic acids is 2. The minimum Gasteiger partial charge on any atom is -0.469 e. The number of amides is 1. The van der Waals surface area contributed by atoms with Crippen LogP contribution in [-0.4, -0.2) is 71.1 Å². The van der Waals surface area contributed by atoms with Gasteiger partial charge in [-0.15, -0.1) is 0 Å². The number of methoxy groups -OCH3 is 1. The maximum atomic E-state index is 13.6. The van der Waals surface area contributed by atoms with Crippen LogP contribution in [0.5, 0.6) is 0 Å². The number of esters is 1. The summed E-state index contributed by atoms with van der Waals surface area (Å²) in [5, 5.41) is 4.97. The van der Waals surface area contributed by atoms with Crippen LogP contribution in [0.3, 0.4) is 0 Å². The SMILES string of the molecule is COC(=O)CCN1CCN(C(=O)c2cc(C3CC3)nc3onc(C(C)C)c23)C[C@H]1C. The summed E-state index contributed by atoms with van der Waals surface area (Å²) in [6, 6.07) is 2.12. The molecule has 1 saturated carbocycles. The first-order chi connectivity index (χ1) is 14.4. The smallest absolute Gasteiger partial charge is 0.306 e. The van der Waals surface area contributed by atoms with Crippen LogP contribution in [0.1, 0.15) is 73.6 Å². The highest BCUT2D eigenvalue weighted by atomic mass is 16.5. The fourth-order valence-electron chi connectivity index (χ4n) is 4.16. The third-order valence-electron chi connectivity index (χ3n) is 6.15. The molecule has 1 atom stereocenters. The summed E-state index contributed by atoms with van der Waals surface area (Å²) in [5.41, 5.74) is 2.84.